The zero-order chi connectivity index (χ0) is 18.4. The summed E-state index contributed by atoms with van der Waals surface area (Å²) in [5.41, 5.74) is -12.6. The van der Waals surface area contributed by atoms with Crippen molar-refractivity contribution in [2.24, 2.45) is 4.99 Å². The molecule has 0 aliphatic carbocycles. The van der Waals surface area contributed by atoms with Crippen molar-refractivity contribution in [2.75, 3.05) is 7.05 Å². The third-order valence-electron chi connectivity index (χ3n) is 2.58. The predicted molar refractivity (Wildman–Crippen MR) is 80.6 cm³/mol. The summed E-state index contributed by atoms with van der Waals surface area (Å²) in [6, 6.07) is 0. The van der Waals surface area contributed by atoms with Crippen molar-refractivity contribution in [1.82, 2.24) is 0 Å². The molecule has 1 aliphatic heterocycles. The number of alkyl halides is 6. The van der Waals surface area contributed by atoms with E-state index in [0.29, 0.717) is 10.8 Å². The third kappa shape index (κ3) is 3.73. The van der Waals surface area contributed by atoms with Gasteiger partial charge in [0.05, 0.1) is 6.42 Å². The van der Waals surface area contributed by atoms with Crippen LogP contribution in [0.25, 0.3) is 0 Å². The van der Waals surface area contributed by atoms with E-state index in [4.69, 9.17) is 0 Å². The summed E-state index contributed by atoms with van der Waals surface area (Å²) in [5, 5.41) is 0. The minimum absolute atomic E-state index is 0. The molecular formula is C8H10F6IN3O4S2+2. The van der Waals surface area contributed by atoms with Crippen LogP contribution in [0.5, 0.6) is 0 Å². The molecule has 0 fully saturated rings. The van der Waals surface area contributed by atoms with Gasteiger partial charge in [-0.25, -0.2) is 0 Å². The van der Waals surface area contributed by atoms with Crippen molar-refractivity contribution in [3.05, 3.63) is 0 Å². The lowest BCUT2D eigenvalue weighted by atomic mass is 10.4. The zero-order valence-electron chi connectivity index (χ0n) is 11.8. The first kappa shape index (κ1) is 23.2. The van der Waals surface area contributed by atoms with E-state index in [2.05, 4.69) is 4.99 Å². The molecule has 0 radical (unpaired) electrons. The highest BCUT2D eigenvalue weighted by Gasteiger charge is 2.67. The summed E-state index contributed by atoms with van der Waals surface area (Å²) in [7, 11) is -12.9. The minimum atomic E-state index is -6.89. The largest absolute Gasteiger partial charge is 0.546 e. The number of nitrogens with zero attached hydrogens (tertiary/aromatic N) is 3. The number of hydrogen-bond donors (Lipinski definition) is 0. The highest BCUT2D eigenvalue weighted by atomic mass is 127. The van der Waals surface area contributed by atoms with Crippen molar-refractivity contribution in [3.8, 4) is 0 Å². The number of hydrogen-bond acceptors (Lipinski definition) is 5. The van der Waals surface area contributed by atoms with E-state index in [0.717, 1.165) is 7.05 Å². The van der Waals surface area contributed by atoms with Crippen LogP contribution in [0.4, 0.5) is 26.3 Å². The molecule has 0 saturated carbocycles. The van der Waals surface area contributed by atoms with Crippen LogP contribution in [0, 0.1) is 0 Å². The van der Waals surface area contributed by atoms with E-state index in [1.54, 1.807) is 0 Å². The van der Waals surface area contributed by atoms with Crippen LogP contribution in [0.2, 0.25) is 0 Å². The molecule has 0 unspecified atom stereocenters. The number of amidine groups is 2. The molecule has 0 aromatic carbocycles. The molecule has 0 aromatic heterocycles. The van der Waals surface area contributed by atoms with E-state index in [1.807, 2.05) is 0 Å². The van der Waals surface area contributed by atoms with E-state index in [9.17, 15) is 43.2 Å². The van der Waals surface area contributed by atoms with E-state index in [1.165, 1.54) is 6.92 Å². The van der Waals surface area contributed by atoms with Crippen molar-refractivity contribution in [3.63, 3.8) is 0 Å². The lowest BCUT2D eigenvalue weighted by Crippen LogP contribution is -2.48. The van der Waals surface area contributed by atoms with E-state index >= 15 is 0 Å². The quantitative estimate of drug-likeness (QED) is 0.321. The molecule has 1 heterocycles. The molecule has 0 atom stereocenters. The summed E-state index contributed by atoms with van der Waals surface area (Å²) in [6.07, 6.45) is 0.299. The van der Waals surface area contributed by atoms with Gasteiger partial charge in [-0.2, -0.15) is 47.8 Å². The van der Waals surface area contributed by atoms with Crippen molar-refractivity contribution in [2.45, 2.75) is 24.4 Å². The Morgan fingerprint density at radius 3 is 1.67 bits per heavy atom. The Balaban J connectivity index is 0.00000529. The molecular weight excluding hydrogens is 507 g/mol. The number of aliphatic imine (C=N–C) groups is 1. The maximum atomic E-state index is 12.6. The lowest BCUT2D eigenvalue weighted by Gasteiger charge is -2.11. The molecule has 0 aromatic rings. The number of halogens is 7. The third-order valence-corrected chi connectivity index (χ3v) is 6.18. The Bertz CT molecular complexity index is 777. The van der Waals surface area contributed by atoms with Gasteiger partial charge >= 0.3 is 42.7 Å². The second-order valence-corrected chi connectivity index (χ2v) is 7.83. The van der Waals surface area contributed by atoms with Crippen LogP contribution in [-0.4, -0.2) is 60.7 Å². The topological polar surface area (TPSA) is 86.7 Å². The highest BCUT2D eigenvalue weighted by molar-refractivity contribution is 14.0. The van der Waals surface area contributed by atoms with Crippen LogP contribution >= 0.6 is 24.0 Å². The Hall–Kier alpha value is -0.780. The van der Waals surface area contributed by atoms with Crippen LogP contribution < -0.4 is 0 Å². The fourth-order valence-electron chi connectivity index (χ4n) is 1.50. The van der Waals surface area contributed by atoms with Gasteiger partial charge in [-0.1, -0.05) is 6.92 Å². The molecule has 0 amide bonds. The molecule has 1 rings (SSSR count). The average molecular weight is 517 g/mol. The Kier molecular flexibility index (Phi) is 6.63. The van der Waals surface area contributed by atoms with Crippen LogP contribution in [0.15, 0.2) is 4.99 Å². The van der Waals surface area contributed by atoms with Gasteiger partial charge in [0.15, 0.2) is 0 Å². The van der Waals surface area contributed by atoms with Gasteiger partial charge in [0.2, 0.25) is 0 Å². The lowest BCUT2D eigenvalue weighted by molar-refractivity contribution is -0.419. The molecule has 0 bridgehead atoms. The second kappa shape index (κ2) is 6.85. The van der Waals surface area contributed by atoms with Crippen LogP contribution in [-0.2, 0) is 20.0 Å². The second-order valence-electron chi connectivity index (χ2n) is 4.04. The zero-order valence-corrected chi connectivity index (χ0v) is 15.7. The normalized spacial score (nSPS) is 16.4. The molecule has 16 heteroatoms. The van der Waals surface area contributed by atoms with Crippen molar-refractivity contribution < 1.29 is 51.1 Å². The van der Waals surface area contributed by atoms with Gasteiger partial charge in [0.25, 0.3) is 6.21 Å². The highest BCUT2D eigenvalue weighted by Crippen LogP contribution is 2.32. The van der Waals surface area contributed by atoms with Crippen molar-refractivity contribution >= 4 is 61.9 Å². The van der Waals surface area contributed by atoms with E-state index < -0.39 is 40.3 Å². The monoisotopic (exact) mass is 517 g/mol. The Labute approximate surface area is 149 Å². The molecule has 0 N–H and O–H groups in total. The van der Waals surface area contributed by atoms with Crippen molar-refractivity contribution in [1.29, 1.82) is 0 Å². The molecule has 0 saturated heterocycles. The fraction of sp³-hybridized carbons (Fsp3) is 0.625. The smallest absolute Gasteiger partial charge is 0.166 e. The van der Waals surface area contributed by atoms with Gasteiger partial charge in [-0.3, -0.25) is 0 Å². The standard InChI is InChI=1S/C8H9F6N3O4S2.HI/c1-3-5-15-4-6(16(5)2)17(22(18,19)7(9,10)11)23(20,21)8(12,13)14;/h4H,3H2,1-2H3;1H/q+2;. The molecule has 0 spiro atoms. The average Bonchev–Trinajstić information content (AvgIpc) is 2.67. The predicted octanol–water partition coefficient (Wildman–Crippen LogP) is 1.25. The molecule has 140 valence electrons. The summed E-state index contributed by atoms with van der Waals surface area (Å²) in [5.74, 6) is -1.53. The summed E-state index contributed by atoms with van der Waals surface area (Å²) >= 11 is 0. The Morgan fingerprint density at radius 1 is 1.04 bits per heavy atom. The van der Waals surface area contributed by atoms with Gasteiger partial charge in [-0.15, -0.1) is 24.0 Å². The number of sulfonamides is 2. The first-order valence-corrected chi connectivity index (χ1v) is 8.40. The summed E-state index contributed by atoms with van der Waals surface area (Å²) in [6.45, 7) is 1.42. The van der Waals surface area contributed by atoms with Crippen LogP contribution in [0.1, 0.15) is 13.3 Å². The maximum absolute atomic E-state index is 12.6. The number of rotatable bonds is 3. The van der Waals surface area contributed by atoms with Gasteiger partial charge in [0, 0.05) is 8.38 Å². The summed E-state index contributed by atoms with van der Waals surface area (Å²) < 4.78 is 120. The SMILES string of the molecule is CCC1=[N+](C)C(=[N+](S(=O)(=O)C(F)(F)F)S(=O)(=O)C(F)(F)F)C=N1.I. The minimum Gasteiger partial charge on any atom is -0.166 e. The first-order chi connectivity index (χ1) is 10.1. The molecule has 24 heavy (non-hydrogen) atoms. The fourth-order valence-corrected chi connectivity index (χ4v) is 4.25. The van der Waals surface area contributed by atoms with Crippen LogP contribution in [0.3, 0.4) is 0 Å². The van der Waals surface area contributed by atoms with Gasteiger partial charge in [0.1, 0.15) is 7.05 Å². The van der Waals surface area contributed by atoms with E-state index in [-0.39, 0.29) is 36.2 Å². The summed E-state index contributed by atoms with van der Waals surface area (Å²) in [4.78, 5) is 3.40. The first-order valence-electron chi connectivity index (χ1n) is 5.52. The van der Waals surface area contributed by atoms with Gasteiger partial charge in [-0.05, 0) is 0 Å². The van der Waals surface area contributed by atoms with Gasteiger partial charge < -0.3 is 0 Å². The molecule has 7 nitrogen and oxygen atoms in total. The maximum Gasteiger partial charge on any atom is 0.546 e. The Morgan fingerprint density at radius 2 is 1.42 bits per heavy atom. The molecule has 1 aliphatic rings.